The lowest BCUT2D eigenvalue weighted by atomic mass is 10.0. The highest BCUT2D eigenvalue weighted by atomic mass is 16.6. The molecule has 0 spiro atoms. The number of nitro groups is 1. The van der Waals surface area contributed by atoms with Gasteiger partial charge in [0.05, 0.1) is 4.92 Å². The van der Waals surface area contributed by atoms with E-state index in [1.54, 1.807) is 0 Å². The lowest BCUT2D eigenvalue weighted by Crippen LogP contribution is -2.21. The van der Waals surface area contributed by atoms with E-state index < -0.39 is 4.92 Å². The van der Waals surface area contributed by atoms with E-state index >= 15 is 0 Å². The number of aromatic amines is 1. The zero-order chi connectivity index (χ0) is 9.47. The molecule has 1 heterocycles. The van der Waals surface area contributed by atoms with Crippen molar-refractivity contribution in [1.29, 1.82) is 0 Å². The van der Waals surface area contributed by atoms with Crippen LogP contribution < -0.4 is 5.73 Å². The van der Waals surface area contributed by atoms with Crippen molar-refractivity contribution in [2.45, 2.75) is 18.3 Å². The zero-order valence-electron chi connectivity index (χ0n) is 6.99. The smallest absolute Gasteiger partial charge is 0.310 e. The van der Waals surface area contributed by atoms with Gasteiger partial charge >= 0.3 is 5.69 Å². The van der Waals surface area contributed by atoms with Crippen molar-refractivity contribution in [2.75, 3.05) is 6.54 Å². The third kappa shape index (κ3) is 1.10. The maximum atomic E-state index is 10.6. The molecular weight excluding hydrogens is 172 g/mol. The van der Waals surface area contributed by atoms with Gasteiger partial charge < -0.3 is 5.73 Å². The zero-order valence-corrected chi connectivity index (χ0v) is 6.99. The van der Waals surface area contributed by atoms with Gasteiger partial charge in [-0.1, -0.05) is 0 Å². The van der Waals surface area contributed by atoms with Crippen LogP contribution in [0.3, 0.4) is 0 Å². The Labute approximate surface area is 74.3 Å². The Balaban J connectivity index is 2.40. The van der Waals surface area contributed by atoms with Crippen LogP contribution in [0.15, 0.2) is 6.20 Å². The Kier molecular flexibility index (Phi) is 1.59. The predicted molar refractivity (Wildman–Crippen MR) is 45.2 cm³/mol. The molecule has 6 nitrogen and oxygen atoms in total. The third-order valence-electron chi connectivity index (χ3n) is 2.59. The molecule has 0 radical (unpaired) electrons. The Hall–Kier alpha value is -1.43. The molecule has 0 saturated heterocycles. The summed E-state index contributed by atoms with van der Waals surface area (Å²) in [5, 5.41) is 16.9. The van der Waals surface area contributed by atoms with Gasteiger partial charge in [-0.05, 0) is 12.8 Å². The molecule has 1 saturated carbocycles. The molecule has 1 aromatic rings. The highest BCUT2D eigenvalue weighted by Crippen LogP contribution is 2.49. The number of nitrogens with two attached hydrogens (primary N) is 1. The maximum absolute atomic E-state index is 10.6. The highest BCUT2D eigenvalue weighted by molar-refractivity contribution is 5.41. The minimum atomic E-state index is -0.422. The molecule has 1 aromatic heterocycles. The number of nitrogens with one attached hydrogen (secondary N) is 1. The fraction of sp³-hybridized carbons (Fsp3) is 0.571. The Morgan fingerprint density at radius 1 is 1.77 bits per heavy atom. The van der Waals surface area contributed by atoms with Crippen molar-refractivity contribution >= 4 is 5.69 Å². The summed E-state index contributed by atoms with van der Waals surface area (Å²) in [5.74, 6) is 0. The molecule has 6 heteroatoms. The Bertz CT molecular complexity index is 342. The van der Waals surface area contributed by atoms with Crippen LogP contribution in [0.5, 0.6) is 0 Å². The van der Waals surface area contributed by atoms with Crippen molar-refractivity contribution in [3.63, 3.8) is 0 Å². The molecule has 1 fully saturated rings. The summed E-state index contributed by atoms with van der Waals surface area (Å²) in [5.41, 5.74) is 6.00. The number of aromatic nitrogens is 2. The number of H-pyrrole nitrogens is 1. The van der Waals surface area contributed by atoms with Crippen LogP contribution in [-0.2, 0) is 5.41 Å². The molecule has 0 amide bonds. The summed E-state index contributed by atoms with van der Waals surface area (Å²) in [6, 6.07) is 0. The normalized spacial score (nSPS) is 18.5. The van der Waals surface area contributed by atoms with Crippen molar-refractivity contribution < 1.29 is 4.92 Å². The van der Waals surface area contributed by atoms with Gasteiger partial charge in [0, 0.05) is 12.0 Å². The SMILES string of the molecule is NCC1(c2[nH]ncc2[N+](=O)[O-])CC1. The van der Waals surface area contributed by atoms with Crippen molar-refractivity contribution in [2.24, 2.45) is 5.73 Å². The second-order valence-electron chi connectivity index (χ2n) is 3.37. The van der Waals surface area contributed by atoms with Gasteiger partial charge in [0.2, 0.25) is 0 Å². The van der Waals surface area contributed by atoms with Gasteiger partial charge in [0.1, 0.15) is 11.9 Å². The molecule has 13 heavy (non-hydrogen) atoms. The van der Waals surface area contributed by atoms with E-state index in [1.165, 1.54) is 6.20 Å². The number of nitrogens with zero attached hydrogens (tertiary/aromatic N) is 2. The van der Waals surface area contributed by atoms with Gasteiger partial charge in [-0.3, -0.25) is 15.2 Å². The lowest BCUT2D eigenvalue weighted by Gasteiger charge is -2.07. The van der Waals surface area contributed by atoms with Gasteiger partial charge in [-0.15, -0.1) is 0 Å². The molecule has 0 bridgehead atoms. The van der Waals surface area contributed by atoms with Crippen LogP contribution in [0, 0.1) is 10.1 Å². The summed E-state index contributed by atoms with van der Waals surface area (Å²) in [4.78, 5) is 10.2. The molecule has 0 atom stereocenters. The number of hydrogen-bond acceptors (Lipinski definition) is 4. The van der Waals surface area contributed by atoms with Crippen LogP contribution in [-0.4, -0.2) is 21.7 Å². The van der Waals surface area contributed by atoms with Gasteiger partial charge in [0.15, 0.2) is 0 Å². The average Bonchev–Trinajstić information content (AvgIpc) is 2.74. The van der Waals surface area contributed by atoms with E-state index in [-0.39, 0.29) is 11.1 Å². The second kappa shape index (κ2) is 2.53. The molecule has 0 aromatic carbocycles. The fourth-order valence-electron chi connectivity index (χ4n) is 1.52. The topological polar surface area (TPSA) is 97.8 Å². The lowest BCUT2D eigenvalue weighted by molar-refractivity contribution is -0.385. The van der Waals surface area contributed by atoms with E-state index in [9.17, 15) is 10.1 Å². The first kappa shape index (κ1) is 8.18. The van der Waals surface area contributed by atoms with E-state index in [4.69, 9.17) is 5.73 Å². The standard InChI is InChI=1S/C7H10N4O2/c8-4-7(1-2-7)6-5(11(12)13)3-9-10-6/h3H,1-2,4,8H2,(H,9,10). The first-order valence-electron chi connectivity index (χ1n) is 4.08. The van der Waals surface area contributed by atoms with E-state index in [0.29, 0.717) is 12.2 Å². The molecule has 1 aliphatic rings. The summed E-state index contributed by atoms with van der Waals surface area (Å²) >= 11 is 0. The largest absolute Gasteiger partial charge is 0.330 e. The summed E-state index contributed by atoms with van der Waals surface area (Å²) < 4.78 is 0. The molecule has 70 valence electrons. The van der Waals surface area contributed by atoms with Gasteiger partial charge in [0.25, 0.3) is 0 Å². The molecule has 0 unspecified atom stereocenters. The van der Waals surface area contributed by atoms with Gasteiger partial charge in [-0.2, -0.15) is 5.10 Å². The third-order valence-corrected chi connectivity index (χ3v) is 2.59. The Morgan fingerprint density at radius 2 is 2.46 bits per heavy atom. The van der Waals surface area contributed by atoms with Crippen LogP contribution in [0.1, 0.15) is 18.5 Å². The molecule has 1 aliphatic carbocycles. The molecule has 0 aliphatic heterocycles. The summed E-state index contributed by atoms with van der Waals surface area (Å²) in [6.07, 6.45) is 3.06. The Morgan fingerprint density at radius 3 is 2.92 bits per heavy atom. The summed E-state index contributed by atoms with van der Waals surface area (Å²) in [6.45, 7) is 0.441. The first-order chi connectivity index (χ1) is 6.19. The van der Waals surface area contributed by atoms with Crippen LogP contribution in [0.25, 0.3) is 0 Å². The second-order valence-corrected chi connectivity index (χ2v) is 3.37. The molecule has 3 N–H and O–H groups in total. The highest BCUT2D eigenvalue weighted by Gasteiger charge is 2.48. The summed E-state index contributed by atoms with van der Waals surface area (Å²) in [7, 11) is 0. The quantitative estimate of drug-likeness (QED) is 0.519. The molecule has 2 rings (SSSR count). The van der Waals surface area contributed by atoms with E-state index in [0.717, 1.165) is 12.8 Å². The van der Waals surface area contributed by atoms with E-state index in [1.807, 2.05) is 0 Å². The maximum Gasteiger partial charge on any atom is 0.310 e. The van der Waals surface area contributed by atoms with Crippen molar-refractivity contribution in [3.8, 4) is 0 Å². The van der Waals surface area contributed by atoms with Crippen LogP contribution in [0.2, 0.25) is 0 Å². The van der Waals surface area contributed by atoms with Crippen LogP contribution in [0.4, 0.5) is 5.69 Å². The fourth-order valence-corrected chi connectivity index (χ4v) is 1.52. The minimum absolute atomic E-state index is 0.0583. The van der Waals surface area contributed by atoms with Gasteiger partial charge in [-0.25, -0.2) is 0 Å². The number of hydrogen-bond donors (Lipinski definition) is 2. The monoisotopic (exact) mass is 182 g/mol. The molecular formula is C7H10N4O2. The van der Waals surface area contributed by atoms with Crippen molar-refractivity contribution in [3.05, 3.63) is 22.0 Å². The first-order valence-corrected chi connectivity index (χ1v) is 4.08. The average molecular weight is 182 g/mol. The van der Waals surface area contributed by atoms with Crippen LogP contribution >= 0.6 is 0 Å². The predicted octanol–water partition coefficient (Wildman–Crippen LogP) is 0.308. The minimum Gasteiger partial charge on any atom is -0.330 e. The van der Waals surface area contributed by atoms with Crippen molar-refractivity contribution in [1.82, 2.24) is 10.2 Å². The van der Waals surface area contributed by atoms with E-state index in [2.05, 4.69) is 10.2 Å². The number of rotatable bonds is 3.